The Bertz CT molecular complexity index is 784. The number of hydrogen-bond donors (Lipinski definition) is 1. The van der Waals surface area contributed by atoms with Crippen LogP contribution >= 0.6 is 21.6 Å². The van der Waals surface area contributed by atoms with Crippen molar-refractivity contribution in [2.24, 2.45) is 0 Å². The topological polar surface area (TPSA) is 59.8 Å². The first-order valence-corrected chi connectivity index (χ1v) is 12.8. The van der Waals surface area contributed by atoms with E-state index in [4.69, 9.17) is 0 Å². The van der Waals surface area contributed by atoms with Crippen molar-refractivity contribution < 1.29 is 4.79 Å². The molecule has 1 saturated heterocycles. The highest BCUT2D eigenvalue weighted by molar-refractivity contribution is 8.77. The van der Waals surface area contributed by atoms with Crippen LogP contribution in [0.4, 0.5) is 5.69 Å². The zero-order valence-corrected chi connectivity index (χ0v) is 17.9. The number of benzene rings is 1. The Balaban J connectivity index is 1.27. The van der Waals surface area contributed by atoms with Crippen LogP contribution in [0.15, 0.2) is 24.3 Å². The smallest absolute Gasteiger partial charge is 0.224 e. The van der Waals surface area contributed by atoms with Crippen molar-refractivity contribution >= 4 is 33.2 Å². The minimum absolute atomic E-state index is 0.109. The van der Waals surface area contributed by atoms with Gasteiger partial charge in [-0.1, -0.05) is 34.4 Å². The molecule has 1 aromatic heterocycles. The monoisotopic (exact) mass is 416 g/mol. The van der Waals surface area contributed by atoms with Crippen LogP contribution < -0.4 is 5.32 Å². The van der Waals surface area contributed by atoms with Gasteiger partial charge in [0, 0.05) is 41.6 Å². The highest BCUT2D eigenvalue weighted by Crippen LogP contribution is 2.39. The third-order valence-corrected chi connectivity index (χ3v) is 8.45. The normalized spacial score (nSPS) is 19.2. The fourth-order valence-corrected chi connectivity index (χ4v) is 6.87. The van der Waals surface area contributed by atoms with E-state index in [-0.39, 0.29) is 5.91 Å². The lowest BCUT2D eigenvalue weighted by atomic mass is 10.1. The quantitative estimate of drug-likeness (QED) is 0.489. The largest absolute Gasteiger partial charge is 0.326 e. The summed E-state index contributed by atoms with van der Waals surface area (Å²) in [6, 6.07) is 8.01. The number of anilines is 1. The first kappa shape index (κ1) is 19.8. The average molecular weight is 417 g/mol. The van der Waals surface area contributed by atoms with Crippen LogP contribution in [0, 0.1) is 0 Å². The van der Waals surface area contributed by atoms with Crippen molar-refractivity contribution in [1.82, 2.24) is 14.8 Å². The maximum Gasteiger partial charge on any atom is 0.224 e. The molecule has 7 heteroatoms. The van der Waals surface area contributed by atoms with Crippen molar-refractivity contribution in [2.75, 3.05) is 11.1 Å². The van der Waals surface area contributed by atoms with Crippen LogP contribution in [-0.4, -0.2) is 31.7 Å². The molecule has 0 bridgehead atoms. The minimum atomic E-state index is 0.109. The molecule has 5 nitrogen and oxygen atoms in total. The van der Waals surface area contributed by atoms with E-state index in [0.717, 1.165) is 54.0 Å². The summed E-state index contributed by atoms with van der Waals surface area (Å²) >= 11 is 0. The van der Waals surface area contributed by atoms with E-state index in [0.29, 0.717) is 6.42 Å². The molecule has 2 aromatic rings. The van der Waals surface area contributed by atoms with Gasteiger partial charge in [0.15, 0.2) is 5.82 Å². The summed E-state index contributed by atoms with van der Waals surface area (Å²) in [4.78, 5) is 12.2. The van der Waals surface area contributed by atoms with Crippen molar-refractivity contribution in [3.8, 4) is 11.4 Å². The lowest BCUT2D eigenvalue weighted by Crippen LogP contribution is -2.11. The van der Waals surface area contributed by atoms with Crippen LogP contribution in [0.25, 0.3) is 11.4 Å². The standard InChI is InChI=1S/C21H28N4OS2/c26-20(8-4-3-6-18-13-15-27-28-18)22-17-11-9-16(10-12-17)21-24-23-19-7-2-1-5-14-25(19)21/h9-12,18H,1-8,13-15H2,(H,22,26)/t18-/m0/s1. The first-order chi connectivity index (χ1) is 13.8. The number of aryl methyl sites for hydroxylation is 1. The number of rotatable bonds is 7. The number of carbonyl (C=O) groups excluding carboxylic acids is 1. The molecule has 0 saturated carbocycles. The van der Waals surface area contributed by atoms with Crippen molar-refractivity contribution in [3.05, 3.63) is 30.1 Å². The van der Waals surface area contributed by atoms with E-state index >= 15 is 0 Å². The van der Waals surface area contributed by atoms with Gasteiger partial charge in [-0.15, -0.1) is 10.2 Å². The molecule has 0 aliphatic carbocycles. The zero-order valence-electron chi connectivity index (χ0n) is 16.2. The highest BCUT2D eigenvalue weighted by atomic mass is 33.1. The third-order valence-electron chi connectivity index (χ3n) is 5.44. The summed E-state index contributed by atoms with van der Waals surface area (Å²) in [6.45, 7) is 0.994. The Morgan fingerprint density at radius 3 is 2.86 bits per heavy atom. The van der Waals surface area contributed by atoms with Crippen LogP contribution in [0.5, 0.6) is 0 Å². The number of nitrogens with one attached hydrogen (secondary N) is 1. The fourth-order valence-electron chi connectivity index (χ4n) is 3.85. The molecule has 2 aliphatic rings. The molecule has 1 fully saturated rings. The van der Waals surface area contributed by atoms with Crippen LogP contribution in [-0.2, 0) is 17.8 Å². The highest BCUT2D eigenvalue weighted by Gasteiger charge is 2.17. The zero-order chi connectivity index (χ0) is 19.2. The SMILES string of the molecule is O=C(CCCC[C@H]1CCSS1)Nc1ccc(-c2nnc3n2CCCCC3)cc1. The first-order valence-electron chi connectivity index (χ1n) is 10.4. The van der Waals surface area contributed by atoms with Gasteiger partial charge in [0.1, 0.15) is 5.82 Å². The Kier molecular flexibility index (Phi) is 6.96. The van der Waals surface area contributed by atoms with E-state index < -0.39 is 0 Å². The molecule has 150 valence electrons. The summed E-state index contributed by atoms with van der Waals surface area (Å²) in [7, 11) is 4.00. The van der Waals surface area contributed by atoms with Gasteiger partial charge >= 0.3 is 0 Å². The number of nitrogens with zero attached hydrogens (tertiary/aromatic N) is 3. The molecule has 1 atom stereocenters. The molecular weight excluding hydrogens is 388 g/mol. The predicted octanol–water partition coefficient (Wildman–Crippen LogP) is 5.32. The lowest BCUT2D eigenvalue weighted by molar-refractivity contribution is -0.116. The number of aromatic nitrogens is 3. The maximum absolute atomic E-state index is 12.2. The predicted molar refractivity (Wildman–Crippen MR) is 119 cm³/mol. The molecule has 0 unspecified atom stereocenters. The molecule has 1 amide bonds. The van der Waals surface area contributed by atoms with Gasteiger partial charge < -0.3 is 9.88 Å². The van der Waals surface area contributed by atoms with Crippen LogP contribution in [0.3, 0.4) is 0 Å². The Hall–Kier alpha value is -1.47. The number of fused-ring (bicyclic) bond motifs is 1. The minimum Gasteiger partial charge on any atom is -0.326 e. The van der Waals surface area contributed by atoms with Crippen molar-refractivity contribution in [3.63, 3.8) is 0 Å². The van der Waals surface area contributed by atoms with E-state index in [1.54, 1.807) is 0 Å². The summed E-state index contributed by atoms with van der Waals surface area (Å²) in [5, 5.41) is 12.6. The number of carbonyl (C=O) groups is 1. The van der Waals surface area contributed by atoms with Gasteiger partial charge in [-0.25, -0.2) is 0 Å². The van der Waals surface area contributed by atoms with Crippen molar-refractivity contribution in [2.45, 2.75) is 69.6 Å². The number of amides is 1. The molecule has 1 N–H and O–H groups in total. The Morgan fingerprint density at radius 1 is 1.14 bits per heavy atom. The Morgan fingerprint density at radius 2 is 2.04 bits per heavy atom. The summed E-state index contributed by atoms with van der Waals surface area (Å²) in [5.41, 5.74) is 1.91. The van der Waals surface area contributed by atoms with Crippen LogP contribution in [0.1, 0.15) is 57.2 Å². The molecule has 2 aliphatic heterocycles. The van der Waals surface area contributed by atoms with Gasteiger partial charge in [0.2, 0.25) is 5.91 Å². The van der Waals surface area contributed by atoms with Gasteiger partial charge in [0.05, 0.1) is 0 Å². The van der Waals surface area contributed by atoms with E-state index in [9.17, 15) is 4.79 Å². The van der Waals surface area contributed by atoms with Gasteiger partial charge in [-0.05, 0) is 56.4 Å². The molecular formula is C21H28N4OS2. The molecule has 3 heterocycles. The molecule has 28 heavy (non-hydrogen) atoms. The van der Waals surface area contributed by atoms with Gasteiger partial charge in [0.25, 0.3) is 0 Å². The fraction of sp³-hybridized carbons (Fsp3) is 0.571. The van der Waals surface area contributed by atoms with E-state index in [1.807, 2.05) is 45.9 Å². The van der Waals surface area contributed by atoms with Crippen molar-refractivity contribution in [1.29, 1.82) is 0 Å². The second-order valence-corrected chi connectivity index (χ2v) is 10.4. The maximum atomic E-state index is 12.2. The molecule has 4 rings (SSSR count). The lowest BCUT2D eigenvalue weighted by Gasteiger charge is -2.09. The average Bonchev–Trinajstić information content (AvgIpc) is 3.31. The van der Waals surface area contributed by atoms with Crippen LogP contribution in [0.2, 0.25) is 0 Å². The van der Waals surface area contributed by atoms with E-state index in [2.05, 4.69) is 20.1 Å². The number of hydrogen-bond acceptors (Lipinski definition) is 5. The molecule has 0 spiro atoms. The Labute approximate surface area is 174 Å². The third kappa shape index (κ3) is 5.11. The van der Waals surface area contributed by atoms with E-state index in [1.165, 1.54) is 37.9 Å². The van der Waals surface area contributed by atoms with Gasteiger partial charge in [-0.3, -0.25) is 4.79 Å². The molecule has 1 aromatic carbocycles. The molecule has 0 radical (unpaired) electrons. The summed E-state index contributed by atoms with van der Waals surface area (Å²) in [6.07, 6.45) is 9.92. The second-order valence-electron chi connectivity index (χ2n) is 7.60. The number of unbranched alkanes of at least 4 members (excludes halogenated alkanes) is 1. The summed E-state index contributed by atoms with van der Waals surface area (Å²) in [5.74, 6) is 3.43. The van der Waals surface area contributed by atoms with Gasteiger partial charge in [-0.2, -0.15) is 0 Å². The second kappa shape index (κ2) is 9.83. The summed E-state index contributed by atoms with van der Waals surface area (Å²) < 4.78 is 2.25.